The van der Waals surface area contributed by atoms with Gasteiger partial charge in [0.05, 0.1) is 18.2 Å². The Morgan fingerprint density at radius 1 is 1.40 bits per heavy atom. The van der Waals surface area contributed by atoms with Crippen molar-refractivity contribution < 1.29 is 9.47 Å². The lowest BCUT2D eigenvalue weighted by Gasteiger charge is -2.15. The Hall–Kier alpha value is -1.70. The van der Waals surface area contributed by atoms with Crippen molar-refractivity contribution in [3.63, 3.8) is 0 Å². The molecule has 0 aliphatic heterocycles. The molecular formula is C12H16ClN5O2. The number of tetrazole rings is 1. The summed E-state index contributed by atoms with van der Waals surface area (Å²) in [6.07, 6.45) is -0.144. The van der Waals surface area contributed by atoms with E-state index in [2.05, 4.69) is 15.5 Å². The molecule has 1 atom stereocenters. The van der Waals surface area contributed by atoms with E-state index < -0.39 is 0 Å². The molecule has 1 unspecified atom stereocenters. The Balaban J connectivity index is 2.28. The smallest absolute Gasteiger partial charge is 0.183 e. The van der Waals surface area contributed by atoms with E-state index in [-0.39, 0.29) is 6.10 Å². The van der Waals surface area contributed by atoms with Crippen molar-refractivity contribution in [1.82, 2.24) is 20.2 Å². The molecule has 7 nitrogen and oxygen atoms in total. The molecule has 0 aliphatic carbocycles. The van der Waals surface area contributed by atoms with Gasteiger partial charge < -0.3 is 15.2 Å². The highest BCUT2D eigenvalue weighted by molar-refractivity contribution is 6.33. The van der Waals surface area contributed by atoms with E-state index in [4.69, 9.17) is 26.8 Å². The van der Waals surface area contributed by atoms with Crippen LogP contribution in [0.1, 0.15) is 0 Å². The lowest BCUT2D eigenvalue weighted by atomic mass is 10.2. The second kappa shape index (κ2) is 6.65. The standard InChI is InChI=1S/C12H16ClN5O2/c1-19-7-9(20-2)6-18-12(15-16-17-18)10-4-3-8(14)5-11(10)13/h3-5,9H,6-7,14H2,1-2H3. The van der Waals surface area contributed by atoms with Gasteiger partial charge in [0, 0.05) is 25.5 Å². The van der Waals surface area contributed by atoms with E-state index in [1.54, 1.807) is 37.1 Å². The molecule has 2 aromatic rings. The zero-order valence-corrected chi connectivity index (χ0v) is 12.0. The molecule has 0 spiro atoms. The monoisotopic (exact) mass is 297 g/mol. The normalized spacial score (nSPS) is 12.6. The summed E-state index contributed by atoms with van der Waals surface area (Å²) in [7, 11) is 3.23. The number of nitrogens with zero attached hydrogens (tertiary/aromatic N) is 4. The van der Waals surface area contributed by atoms with Gasteiger partial charge in [-0.25, -0.2) is 4.68 Å². The minimum absolute atomic E-state index is 0.144. The van der Waals surface area contributed by atoms with E-state index in [9.17, 15) is 0 Å². The number of hydrogen-bond donors (Lipinski definition) is 1. The van der Waals surface area contributed by atoms with Crippen molar-refractivity contribution in [1.29, 1.82) is 0 Å². The van der Waals surface area contributed by atoms with Crippen LogP contribution in [-0.2, 0) is 16.0 Å². The topological polar surface area (TPSA) is 88.1 Å². The number of anilines is 1. The summed E-state index contributed by atoms with van der Waals surface area (Å²) in [5, 5.41) is 12.1. The van der Waals surface area contributed by atoms with Crippen molar-refractivity contribution in [3.05, 3.63) is 23.2 Å². The van der Waals surface area contributed by atoms with E-state index in [0.717, 1.165) is 5.56 Å². The largest absolute Gasteiger partial charge is 0.399 e. The van der Waals surface area contributed by atoms with Gasteiger partial charge >= 0.3 is 0 Å². The summed E-state index contributed by atoms with van der Waals surface area (Å²) in [5.74, 6) is 0.563. The first-order chi connectivity index (χ1) is 9.65. The summed E-state index contributed by atoms with van der Waals surface area (Å²) >= 11 is 6.18. The Labute approximate surface area is 121 Å². The lowest BCUT2D eigenvalue weighted by Crippen LogP contribution is -2.25. The SMILES string of the molecule is COCC(Cn1nnnc1-c1ccc(N)cc1Cl)OC. The summed E-state index contributed by atoms with van der Waals surface area (Å²) in [6.45, 7) is 0.915. The van der Waals surface area contributed by atoms with Crippen LogP contribution >= 0.6 is 11.6 Å². The second-order valence-corrected chi connectivity index (χ2v) is 4.64. The van der Waals surface area contributed by atoms with Crippen LogP contribution in [0.25, 0.3) is 11.4 Å². The van der Waals surface area contributed by atoms with Gasteiger partial charge in [-0.1, -0.05) is 11.6 Å². The molecule has 0 fully saturated rings. The molecule has 1 heterocycles. The first kappa shape index (κ1) is 14.7. The quantitative estimate of drug-likeness (QED) is 0.807. The van der Waals surface area contributed by atoms with Crippen molar-refractivity contribution in [2.24, 2.45) is 0 Å². The zero-order chi connectivity index (χ0) is 14.5. The first-order valence-corrected chi connectivity index (χ1v) is 6.36. The maximum atomic E-state index is 6.18. The van der Waals surface area contributed by atoms with Gasteiger partial charge in [-0.15, -0.1) is 5.10 Å². The summed E-state index contributed by atoms with van der Waals surface area (Å²) < 4.78 is 12.0. The zero-order valence-electron chi connectivity index (χ0n) is 11.3. The summed E-state index contributed by atoms with van der Waals surface area (Å²) in [6, 6.07) is 5.21. The molecule has 20 heavy (non-hydrogen) atoms. The molecule has 2 rings (SSSR count). The van der Waals surface area contributed by atoms with Gasteiger partial charge in [-0.05, 0) is 28.6 Å². The van der Waals surface area contributed by atoms with E-state index >= 15 is 0 Å². The molecule has 1 aromatic carbocycles. The number of benzene rings is 1. The number of nitrogen functional groups attached to an aromatic ring is 1. The fourth-order valence-corrected chi connectivity index (χ4v) is 2.08. The van der Waals surface area contributed by atoms with Crippen molar-refractivity contribution in [3.8, 4) is 11.4 Å². The third-order valence-corrected chi connectivity index (χ3v) is 3.14. The minimum Gasteiger partial charge on any atom is -0.399 e. The molecule has 0 bridgehead atoms. The Morgan fingerprint density at radius 2 is 2.20 bits per heavy atom. The van der Waals surface area contributed by atoms with Crippen LogP contribution in [0.2, 0.25) is 5.02 Å². The molecular weight excluding hydrogens is 282 g/mol. The molecule has 2 N–H and O–H groups in total. The van der Waals surface area contributed by atoms with Crippen LogP contribution in [0.5, 0.6) is 0 Å². The number of hydrogen-bond acceptors (Lipinski definition) is 6. The van der Waals surface area contributed by atoms with Crippen LogP contribution < -0.4 is 5.73 Å². The number of nitrogens with two attached hydrogens (primary N) is 1. The predicted molar refractivity (Wildman–Crippen MR) is 75.3 cm³/mol. The number of methoxy groups -OCH3 is 2. The Kier molecular flexibility index (Phi) is 4.89. The third-order valence-electron chi connectivity index (χ3n) is 2.83. The average molecular weight is 298 g/mol. The highest BCUT2D eigenvalue weighted by atomic mass is 35.5. The molecule has 1 aromatic heterocycles. The van der Waals surface area contributed by atoms with Crippen LogP contribution in [0, 0.1) is 0 Å². The van der Waals surface area contributed by atoms with Gasteiger partial charge in [0.1, 0.15) is 6.10 Å². The van der Waals surface area contributed by atoms with Gasteiger partial charge in [0.2, 0.25) is 0 Å². The third kappa shape index (κ3) is 3.24. The second-order valence-electron chi connectivity index (χ2n) is 4.24. The number of aromatic nitrogens is 4. The maximum Gasteiger partial charge on any atom is 0.183 e. The van der Waals surface area contributed by atoms with E-state index in [1.165, 1.54) is 0 Å². The van der Waals surface area contributed by atoms with Crippen LogP contribution in [0.4, 0.5) is 5.69 Å². The number of ether oxygens (including phenoxy) is 2. The fourth-order valence-electron chi connectivity index (χ4n) is 1.81. The molecule has 0 saturated heterocycles. The Bertz CT molecular complexity index is 575. The minimum atomic E-state index is -0.144. The molecule has 108 valence electrons. The van der Waals surface area contributed by atoms with E-state index in [1.807, 2.05) is 0 Å². The lowest BCUT2D eigenvalue weighted by molar-refractivity contribution is 0.0163. The molecule has 0 radical (unpaired) electrons. The van der Waals surface area contributed by atoms with Crippen LogP contribution in [-0.4, -0.2) is 47.1 Å². The molecule has 0 amide bonds. The maximum absolute atomic E-state index is 6.18. The van der Waals surface area contributed by atoms with Crippen molar-refractivity contribution >= 4 is 17.3 Å². The summed E-state index contributed by atoms with van der Waals surface area (Å²) in [4.78, 5) is 0. The predicted octanol–water partition coefficient (Wildman–Crippen LogP) is 1.24. The van der Waals surface area contributed by atoms with Crippen LogP contribution in [0.15, 0.2) is 18.2 Å². The number of rotatable bonds is 6. The van der Waals surface area contributed by atoms with E-state index in [0.29, 0.717) is 29.7 Å². The number of halogens is 1. The molecule has 0 aliphatic rings. The van der Waals surface area contributed by atoms with Gasteiger partial charge in [-0.3, -0.25) is 0 Å². The molecule has 8 heteroatoms. The van der Waals surface area contributed by atoms with Gasteiger partial charge in [0.25, 0.3) is 0 Å². The highest BCUT2D eigenvalue weighted by Gasteiger charge is 2.16. The van der Waals surface area contributed by atoms with Crippen LogP contribution in [0.3, 0.4) is 0 Å². The Morgan fingerprint density at radius 3 is 2.85 bits per heavy atom. The molecule has 0 saturated carbocycles. The first-order valence-electron chi connectivity index (χ1n) is 5.99. The van der Waals surface area contributed by atoms with Crippen molar-refractivity contribution in [2.45, 2.75) is 12.6 Å². The fraction of sp³-hybridized carbons (Fsp3) is 0.417. The summed E-state index contributed by atoms with van der Waals surface area (Å²) in [5.41, 5.74) is 6.99. The average Bonchev–Trinajstić information content (AvgIpc) is 2.86. The van der Waals surface area contributed by atoms with Gasteiger partial charge in [0.15, 0.2) is 5.82 Å². The highest BCUT2D eigenvalue weighted by Crippen LogP contribution is 2.27. The van der Waals surface area contributed by atoms with Gasteiger partial charge in [-0.2, -0.15) is 0 Å². The van der Waals surface area contributed by atoms with Crippen molar-refractivity contribution in [2.75, 3.05) is 26.6 Å².